The number of likely N-dealkylation sites (tertiary alicyclic amines) is 1. The zero-order chi connectivity index (χ0) is 20.2. The number of rotatable bonds is 6. The molecule has 1 aliphatic heterocycles. The topological polar surface area (TPSA) is 79.4 Å². The average Bonchev–Trinajstić information content (AvgIpc) is 3.06. The van der Waals surface area contributed by atoms with Gasteiger partial charge >= 0.3 is 5.69 Å². The van der Waals surface area contributed by atoms with E-state index < -0.39 is 0 Å². The molecule has 2 N–H and O–H groups in total. The average molecular weight is 394 g/mol. The van der Waals surface area contributed by atoms with Crippen LogP contribution in [0.25, 0.3) is 11.0 Å². The number of aromatic nitrogens is 2. The van der Waals surface area contributed by atoms with Gasteiger partial charge in [-0.05, 0) is 56.2 Å². The van der Waals surface area contributed by atoms with Gasteiger partial charge in [-0.15, -0.1) is 0 Å². The smallest absolute Gasteiger partial charge is 0.326 e. The van der Waals surface area contributed by atoms with E-state index in [0.717, 1.165) is 48.4 Å². The van der Waals surface area contributed by atoms with Gasteiger partial charge in [0.1, 0.15) is 5.75 Å². The number of nitrogens with zero attached hydrogens (tertiary/aromatic N) is 2. The number of hydrogen-bond donors (Lipinski definition) is 2. The molecule has 2 heterocycles. The molecule has 4 rings (SSSR count). The minimum absolute atomic E-state index is 0.0307. The molecule has 0 aliphatic carbocycles. The number of piperidine rings is 1. The van der Waals surface area contributed by atoms with Crippen LogP contribution in [0.3, 0.4) is 0 Å². The molecule has 0 spiro atoms. The van der Waals surface area contributed by atoms with Crippen molar-refractivity contribution < 1.29 is 9.53 Å². The summed E-state index contributed by atoms with van der Waals surface area (Å²) in [4.78, 5) is 29.8. The SMILES string of the molecule is CCOc1ccc(NC(=O)CN2CCC(n3c(=O)[nH]c4ccccc43)CC2)cc1. The monoisotopic (exact) mass is 394 g/mol. The molecule has 0 unspecified atom stereocenters. The van der Waals surface area contributed by atoms with Crippen LogP contribution in [0, 0.1) is 0 Å². The van der Waals surface area contributed by atoms with Crippen molar-refractivity contribution in [2.75, 3.05) is 31.6 Å². The van der Waals surface area contributed by atoms with Crippen LogP contribution in [-0.4, -0.2) is 46.6 Å². The standard InChI is InChI=1S/C22H26N4O3/c1-2-29-18-9-7-16(8-10-18)23-21(27)15-25-13-11-17(12-14-25)26-20-6-4-3-5-19(20)24-22(26)28/h3-10,17H,2,11-15H2,1H3,(H,23,27)(H,24,28). The van der Waals surface area contributed by atoms with Crippen LogP contribution in [0.4, 0.5) is 5.69 Å². The van der Waals surface area contributed by atoms with Crippen LogP contribution in [0.1, 0.15) is 25.8 Å². The highest BCUT2D eigenvalue weighted by Gasteiger charge is 2.24. The fourth-order valence-corrected chi connectivity index (χ4v) is 3.98. The van der Waals surface area contributed by atoms with Gasteiger partial charge in [-0.1, -0.05) is 12.1 Å². The van der Waals surface area contributed by atoms with Crippen LogP contribution in [0.5, 0.6) is 5.75 Å². The number of nitrogens with one attached hydrogen (secondary N) is 2. The first-order valence-electron chi connectivity index (χ1n) is 10.1. The molecular formula is C22H26N4O3. The number of H-pyrrole nitrogens is 1. The number of anilines is 1. The molecule has 1 amide bonds. The second-order valence-corrected chi connectivity index (χ2v) is 7.33. The Morgan fingerprint density at radius 1 is 1.14 bits per heavy atom. The molecule has 2 aromatic carbocycles. The molecule has 1 aliphatic rings. The summed E-state index contributed by atoms with van der Waals surface area (Å²) >= 11 is 0. The fraction of sp³-hybridized carbons (Fsp3) is 0.364. The number of carbonyl (C=O) groups excluding carboxylic acids is 1. The van der Waals surface area contributed by atoms with Crippen molar-refractivity contribution >= 4 is 22.6 Å². The van der Waals surface area contributed by atoms with Crippen molar-refractivity contribution in [1.29, 1.82) is 0 Å². The summed E-state index contributed by atoms with van der Waals surface area (Å²) in [5.41, 5.74) is 2.52. The number of benzene rings is 2. The Balaban J connectivity index is 1.32. The second-order valence-electron chi connectivity index (χ2n) is 7.33. The third kappa shape index (κ3) is 4.35. The molecule has 0 bridgehead atoms. The van der Waals surface area contributed by atoms with E-state index in [1.165, 1.54) is 0 Å². The minimum Gasteiger partial charge on any atom is -0.494 e. The molecule has 29 heavy (non-hydrogen) atoms. The molecule has 0 saturated carbocycles. The highest BCUT2D eigenvalue weighted by Crippen LogP contribution is 2.24. The maximum Gasteiger partial charge on any atom is 0.326 e. The van der Waals surface area contributed by atoms with Crippen LogP contribution in [0.2, 0.25) is 0 Å². The molecule has 0 atom stereocenters. The number of aromatic amines is 1. The third-order valence-electron chi connectivity index (χ3n) is 5.36. The van der Waals surface area contributed by atoms with Gasteiger partial charge in [0.15, 0.2) is 0 Å². The van der Waals surface area contributed by atoms with Gasteiger partial charge in [-0.25, -0.2) is 4.79 Å². The zero-order valence-corrected chi connectivity index (χ0v) is 16.6. The van der Waals surface area contributed by atoms with Crippen molar-refractivity contribution in [3.8, 4) is 5.75 Å². The van der Waals surface area contributed by atoms with Crippen molar-refractivity contribution in [1.82, 2.24) is 14.5 Å². The normalized spacial score (nSPS) is 15.5. The first kappa shape index (κ1) is 19.3. The Morgan fingerprint density at radius 2 is 1.86 bits per heavy atom. The van der Waals surface area contributed by atoms with E-state index in [1.54, 1.807) is 0 Å². The predicted octanol–water partition coefficient (Wildman–Crippen LogP) is 3.00. The van der Waals surface area contributed by atoms with E-state index in [0.29, 0.717) is 13.2 Å². The Morgan fingerprint density at radius 3 is 2.59 bits per heavy atom. The van der Waals surface area contributed by atoms with E-state index in [1.807, 2.05) is 60.0 Å². The van der Waals surface area contributed by atoms with E-state index >= 15 is 0 Å². The summed E-state index contributed by atoms with van der Waals surface area (Å²) < 4.78 is 7.28. The lowest BCUT2D eigenvalue weighted by atomic mass is 10.0. The lowest BCUT2D eigenvalue weighted by molar-refractivity contribution is -0.117. The van der Waals surface area contributed by atoms with Crippen molar-refractivity contribution in [3.63, 3.8) is 0 Å². The largest absolute Gasteiger partial charge is 0.494 e. The Kier molecular flexibility index (Phi) is 5.67. The van der Waals surface area contributed by atoms with Crippen LogP contribution >= 0.6 is 0 Å². The molecular weight excluding hydrogens is 368 g/mol. The molecule has 1 aromatic heterocycles. The molecule has 1 fully saturated rings. The van der Waals surface area contributed by atoms with Gasteiger partial charge in [0.05, 0.1) is 24.2 Å². The maximum absolute atomic E-state index is 12.4. The minimum atomic E-state index is -0.0575. The van der Waals surface area contributed by atoms with Crippen molar-refractivity contribution in [2.24, 2.45) is 0 Å². The first-order chi connectivity index (χ1) is 14.1. The predicted molar refractivity (Wildman–Crippen MR) is 114 cm³/mol. The Hall–Kier alpha value is -3.06. The first-order valence-corrected chi connectivity index (χ1v) is 10.1. The molecule has 3 aromatic rings. The van der Waals surface area contributed by atoms with Crippen LogP contribution in [0.15, 0.2) is 53.3 Å². The van der Waals surface area contributed by atoms with Gasteiger partial charge in [-0.3, -0.25) is 14.3 Å². The van der Waals surface area contributed by atoms with Crippen LogP contribution in [-0.2, 0) is 4.79 Å². The van der Waals surface area contributed by atoms with Gasteiger partial charge in [0.25, 0.3) is 0 Å². The number of ether oxygens (including phenoxy) is 1. The summed E-state index contributed by atoms with van der Waals surface area (Å²) in [5, 5.41) is 2.93. The van der Waals surface area contributed by atoms with Crippen molar-refractivity contribution in [2.45, 2.75) is 25.8 Å². The van der Waals surface area contributed by atoms with Gasteiger partial charge in [-0.2, -0.15) is 0 Å². The fourth-order valence-electron chi connectivity index (χ4n) is 3.98. The zero-order valence-electron chi connectivity index (χ0n) is 16.6. The number of hydrogen-bond acceptors (Lipinski definition) is 4. The lowest BCUT2D eigenvalue weighted by Gasteiger charge is -2.32. The summed E-state index contributed by atoms with van der Waals surface area (Å²) in [6.45, 7) is 4.48. The van der Waals surface area contributed by atoms with E-state index in [2.05, 4.69) is 15.2 Å². The summed E-state index contributed by atoms with van der Waals surface area (Å²) in [6.07, 6.45) is 1.69. The quantitative estimate of drug-likeness (QED) is 0.674. The van der Waals surface area contributed by atoms with Crippen molar-refractivity contribution in [3.05, 3.63) is 59.0 Å². The molecule has 7 nitrogen and oxygen atoms in total. The molecule has 152 valence electrons. The van der Waals surface area contributed by atoms with Crippen LogP contribution < -0.4 is 15.7 Å². The Bertz CT molecular complexity index is 1030. The third-order valence-corrected chi connectivity index (χ3v) is 5.36. The maximum atomic E-state index is 12.4. The van der Waals surface area contributed by atoms with Gasteiger partial charge < -0.3 is 15.0 Å². The Labute approximate surface area is 169 Å². The molecule has 7 heteroatoms. The molecule has 1 saturated heterocycles. The number of amides is 1. The number of para-hydroxylation sites is 2. The van der Waals surface area contributed by atoms with E-state index in [9.17, 15) is 9.59 Å². The number of imidazole rings is 1. The summed E-state index contributed by atoms with van der Waals surface area (Å²) in [7, 11) is 0. The molecule has 0 radical (unpaired) electrons. The van der Waals surface area contributed by atoms with Gasteiger partial charge in [0.2, 0.25) is 5.91 Å². The summed E-state index contributed by atoms with van der Waals surface area (Å²) in [6, 6.07) is 15.3. The number of fused-ring (bicyclic) bond motifs is 1. The lowest BCUT2D eigenvalue weighted by Crippen LogP contribution is -2.40. The van der Waals surface area contributed by atoms with E-state index in [4.69, 9.17) is 4.74 Å². The van der Waals surface area contributed by atoms with Gasteiger partial charge in [0, 0.05) is 24.8 Å². The highest BCUT2D eigenvalue weighted by atomic mass is 16.5. The van der Waals surface area contributed by atoms with E-state index in [-0.39, 0.29) is 17.6 Å². The number of carbonyl (C=O) groups is 1. The highest BCUT2D eigenvalue weighted by molar-refractivity contribution is 5.92. The summed E-state index contributed by atoms with van der Waals surface area (Å²) in [5.74, 6) is 0.761. The second kappa shape index (κ2) is 8.53.